The second-order valence-electron chi connectivity index (χ2n) is 7.16. The van der Waals surface area contributed by atoms with Crippen LogP contribution < -0.4 is 5.48 Å². The molecule has 1 aromatic heterocycles. The number of carbonyl (C=O) groups excluding carboxylic acids is 2. The molecule has 6 nitrogen and oxygen atoms in total. The van der Waals surface area contributed by atoms with Crippen LogP contribution in [0, 0.1) is 5.92 Å². The summed E-state index contributed by atoms with van der Waals surface area (Å²) in [6, 6.07) is 18.9. The standard InChI is InChI=1S/C23H23NO5S2/c25-22(21-10-5-15-30-21)18-11-13-20(14-12-18)31(28,29)16-19(23(26)24-27)9-4-8-17-6-2-1-3-7-17/h1-3,5-7,10-15,19,27H,4,8-9,16H2,(H,24,26). The molecule has 3 aromatic rings. The molecule has 2 aromatic carbocycles. The van der Waals surface area contributed by atoms with Crippen LogP contribution in [0.25, 0.3) is 0 Å². The van der Waals surface area contributed by atoms with Crippen molar-refractivity contribution in [2.45, 2.75) is 24.2 Å². The minimum atomic E-state index is -3.79. The third-order valence-electron chi connectivity index (χ3n) is 4.98. The smallest absolute Gasteiger partial charge is 0.247 e. The van der Waals surface area contributed by atoms with Gasteiger partial charge in [0, 0.05) is 5.56 Å². The summed E-state index contributed by atoms with van der Waals surface area (Å²) in [5.41, 5.74) is 3.07. The molecule has 0 fully saturated rings. The van der Waals surface area contributed by atoms with Crippen LogP contribution in [-0.2, 0) is 21.1 Å². The van der Waals surface area contributed by atoms with Crippen LogP contribution in [0.4, 0.5) is 0 Å². The molecule has 0 bridgehead atoms. The summed E-state index contributed by atoms with van der Waals surface area (Å²) in [6.07, 6.45) is 1.62. The van der Waals surface area contributed by atoms with Crippen LogP contribution in [0.5, 0.6) is 0 Å². The quantitative estimate of drug-likeness (QED) is 0.273. The van der Waals surface area contributed by atoms with Gasteiger partial charge in [-0.15, -0.1) is 11.3 Å². The zero-order valence-corrected chi connectivity index (χ0v) is 18.4. The Labute approximate surface area is 185 Å². The van der Waals surface area contributed by atoms with Crippen molar-refractivity contribution in [2.24, 2.45) is 5.92 Å². The predicted molar refractivity (Wildman–Crippen MR) is 119 cm³/mol. The van der Waals surface area contributed by atoms with E-state index in [1.165, 1.54) is 35.6 Å². The van der Waals surface area contributed by atoms with E-state index in [0.29, 0.717) is 29.7 Å². The SMILES string of the molecule is O=C(c1ccc(S(=O)(=O)CC(CCCc2ccccc2)C(=O)NO)cc1)c1cccs1. The zero-order chi connectivity index (χ0) is 22.3. The van der Waals surface area contributed by atoms with E-state index < -0.39 is 27.4 Å². The highest BCUT2D eigenvalue weighted by molar-refractivity contribution is 7.91. The highest BCUT2D eigenvalue weighted by Crippen LogP contribution is 2.21. The molecule has 2 N–H and O–H groups in total. The number of aryl methyl sites for hydroxylation is 1. The monoisotopic (exact) mass is 457 g/mol. The van der Waals surface area contributed by atoms with Crippen LogP contribution in [0.3, 0.4) is 0 Å². The Hall–Kier alpha value is -2.81. The van der Waals surface area contributed by atoms with Crippen LogP contribution in [0.2, 0.25) is 0 Å². The van der Waals surface area contributed by atoms with Crippen molar-refractivity contribution in [3.63, 3.8) is 0 Å². The Balaban J connectivity index is 1.68. The van der Waals surface area contributed by atoms with Crippen molar-refractivity contribution in [3.8, 4) is 0 Å². The summed E-state index contributed by atoms with van der Waals surface area (Å²) in [5.74, 6) is -2.20. The predicted octanol–water partition coefficient (Wildman–Crippen LogP) is 3.90. The van der Waals surface area contributed by atoms with Gasteiger partial charge >= 0.3 is 0 Å². The molecular formula is C23H23NO5S2. The summed E-state index contributed by atoms with van der Waals surface area (Å²) in [7, 11) is -3.79. The second-order valence-corrected chi connectivity index (χ2v) is 10.1. The first-order valence-corrected chi connectivity index (χ1v) is 12.3. The number of thiophene rings is 1. The van der Waals surface area contributed by atoms with Gasteiger partial charge < -0.3 is 0 Å². The first-order valence-electron chi connectivity index (χ1n) is 9.79. The Bertz CT molecular complexity index is 1110. The molecule has 0 spiro atoms. The molecule has 0 saturated heterocycles. The van der Waals surface area contributed by atoms with Crippen molar-refractivity contribution in [3.05, 3.63) is 88.1 Å². The van der Waals surface area contributed by atoms with Gasteiger partial charge in [0.1, 0.15) is 0 Å². The molecule has 1 atom stereocenters. The van der Waals surface area contributed by atoms with Crippen LogP contribution in [0.15, 0.2) is 77.0 Å². The number of hydrogen-bond acceptors (Lipinski definition) is 6. The lowest BCUT2D eigenvalue weighted by atomic mass is 10.0. The van der Waals surface area contributed by atoms with Gasteiger partial charge in [-0.2, -0.15) is 0 Å². The van der Waals surface area contributed by atoms with E-state index in [-0.39, 0.29) is 10.7 Å². The number of hydroxylamine groups is 1. The summed E-state index contributed by atoms with van der Waals surface area (Å²) in [6.45, 7) is 0. The van der Waals surface area contributed by atoms with Gasteiger partial charge in [-0.1, -0.05) is 36.4 Å². The van der Waals surface area contributed by atoms with E-state index in [1.54, 1.807) is 23.0 Å². The molecule has 1 unspecified atom stereocenters. The van der Waals surface area contributed by atoms with Crippen LogP contribution in [-0.4, -0.2) is 31.1 Å². The van der Waals surface area contributed by atoms with E-state index in [0.717, 1.165) is 5.56 Å². The molecule has 0 aliphatic carbocycles. The summed E-state index contributed by atoms with van der Waals surface area (Å²) in [5, 5.41) is 10.8. The average Bonchev–Trinajstić information content (AvgIpc) is 3.33. The first-order chi connectivity index (χ1) is 14.9. The first kappa shape index (κ1) is 22.9. The maximum absolute atomic E-state index is 12.9. The Kier molecular flexibility index (Phi) is 7.73. The van der Waals surface area contributed by atoms with Gasteiger partial charge in [0.25, 0.3) is 0 Å². The molecule has 31 heavy (non-hydrogen) atoms. The molecule has 162 valence electrons. The van der Waals surface area contributed by atoms with Gasteiger partial charge in [0.05, 0.1) is 21.4 Å². The van der Waals surface area contributed by atoms with Crippen molar-refractivity contribution in [1.29, 1.82) is 0 Å². The number of sulfone groups is 1. The lowest BCUT2D eigenvalue weighted by Crippen LogP contribution is -2.33. The Morgan fingerprint density at radius 2 is 1.68 bits per heavy atom. The van der Waals surface area contributed by atoms with E-state index in [9.17, 15) is 18.0 Å². The minimum absolute atomic E-state index is 0.0361. The third-order valence-corrected chi connectivity index (χ3v) is 7.68. The molecule has 1 heterocycles. The van der Waals surface area contributed by atoms with Crippen molar-refractivity contribution < 1.29 is 23.2 Å². The number of nitrogens with one attached hydrogen (secondary N) is 1. The normalized spacial score (nSPS) is 12.3. The van der Waals surface area contributed by atoms with Crippen molar-refractivity contribution in [2.75, 3.05) is 5.75 Å². The van der Waals surface area contributed by atoms with Gasteiger partial charge in [0.2, 0.25) is 11.7 Å². The van der Waals surface area contributed by atoms with E-state index in [1.807, 2.05) is 30.3 Å². The van der Waals surface area contributed by atoms with E-state index in [2.05, 4.69) is 0 Å². The molecule has 0 aliphatic heterocycles. The summed E-state index contributed by atoms with van der Waals surface area (Å²) < 4.78 is 25.7. The molecule has 0 saturated carbocycles. The zero-order valence-electron chi connectivity index (χ0n) is 16.7. The van der Waals surface area contributed by atoms with Gasteiger partial charge in [0.15, 0.2) is 9.84 Å². The number of ketones is 1. The molecule has 8 heteroatoms. The number of hydrogen-bond donors (Lipinski definition) is 2. The van der Waals surface area contributed by atoms with E-state index in [4.69, 9.17) is 5.21 Å². The Morgan fingerprint density at radius 1 is 0.968 bits per heavy atom. The maximum Gasteiger partial charge on any atom is 0.247 e. The third kappa shape index (κ3) is 6.10. The van der Waals surface area contributed by atoms with Gasteiger partial charge in [-0.25, -0.2) is 13.9 Å². The van der Waals surface area contributed by atoms with Crippen molar-refractivity contribution in [1.82, 2.24) is 5.48 Å². The fourth-order valence-corrected chi connectivity index (χ4v) is 5.58. The van der Waals surface area contributed by atoms with Gasteiger partial charge in [-0.3, -0.25) is 14.8 Å². The second kappa shape index (κ2) is 10.5. The van der Waals surface area contributed by atoms with Gasteiger partial charge in [-0.05, 0) is 60.5 Å². The topological polar surface area (TPSA) is 101 Å². The summed E-state index contributed by atoms with van der Waals surface area (Å²) >= 11 is 1.32. The lowest BCUT2D eigenvalue weighted by molar-refractivity contribution is -0.132. The Morgan fingerprint density at radius 3 is 2.29 bits per heavy atom. The lowest BCUT2D eigenvalue weighted by Gasteiger charge is -2.15. The summed E-state index contributed by atoms with van der Waals surface area (Å²) in [4.78, 5) is 25.1. The largest absolute Gasteiger partial charge is 0.289 e. The maximum atomic E-state index is 12.9. The molecular weight excluding hydrogens is 434 g/mol. The fraction of sp³-hybridized carbons (Fsp3) is 0.217. The van der Waals surface area contributed by atoms with Crippen molar-refractivity contribution >= 4 is 32.9 Å². The average molecular weight is 458 g/mol. The van der Waals surface area contributed by atoms with Crippen LogP contribution >= 0.6 is 11.3 Å². The molecule has 0 radical (unpaired) electrons. The van der Waals surface area contributed by atoms with Crippen LogP contribution in [0.1, 0.15) is 33.6 Å². The number of amides is 1. The number of benzene rings is 2. The fourth-order valence-electron chi connectivity index (χ4n) is 3.30. The molecule has 3 rings (SSSR count). The number of rotatable bonds is 10. The minimum Gasteiger partial charge on any atom is -0.289 e. The highest BCUT2D eigenvalue weighted by Gasteiger charge is 2.27. The number of carbonyl (C=O) groups is 2. The van der Waals surface area contributed by atoms with E-state index >= 15 is 0 Å². The highest BCUT2D eigenvalue weighted by atomic mass is 32.2. The molecule has 1 amide bonds. The molecule has 0 aliphatic rings.